The smallest absolute Gasteiger partial charge is 0.268 e. The van der Waals surface area contributed by atoms with E-state index in [9.17, 15) is 9.59 Å². The van der Waals surface area contributed by atoms with Gasteiger partial charge in [-0.05, 0) is 80.4 Å². The fourth-order valence-electron chi connectivity index (χ4n) is 3.15. The minimum atomic E-state index is -0.434. The molecule has 0 aliphatic heterocycles. The van der Waals surface area contributed by atoms with Crippen LogP contribution in [0.1, 0.15) is 55.3 Å². The predicted molar refractivity (Wildman–Crippen MR) is 135 cm³/mol. The maximum atomic E-state index is 12.9. The Morgan fingerprint density at radius 3 is 2.34 bits per heavy atom. The average molecular weight is 477 g/mol. The van der Waals surface area contributed by atoms with Crippen molar-refractivity contribution in [1.82, 2.24) is 10.6 Å². The summed E-state index contributed by atoms with van der Waals surface area (Å²) < 4.78 is 16.6. The molecule has 1 heterocycles. The van der Waals surface area contributed by atoms with Crippen LogP contribution in [0.25, 0.3) is 6.08 Å². The van der Waals surface area contributed by atoms with E-state index in [2.05, 4.69) is 17.6 Å². The molecule has 0 unspecified atom stereocenters. The van der Waals surface area contributed by atoms with Crippen molar-refractivity contribution in [1.29, 1.82) is 0 Å². The number of carbonyl (C=O) groups is 2. The third-order valence-electron chi connectivity index (χ3n) is 4.94. The maximum absolute atomic E-state index is 12.9. The lowest BCUT2D eigenvalue weighted by molar-refractivity contribution is -0.118. The van der Waals surface area contributed by atoms with Crippen molar-refractivity contribution in [3.05, 3.63) is 89.5 Å². The Kier molecular flexibility index (Phi) is 9.54. The number of carbonyl (C=O) groups excluding carboxylic acids is 2. The lowest BCUT2D eigenvalue weighted by Gasteiger charge is -2.12. The molecule has 35 heavy (non-hydrogen) atoms. The van der Waals surface area contributed by atoms with Gasteiger partial charge in [0, 0.05) is 5.56 Å². The molecule has 1 aromatic heterocycles. The topological polar surface area (TPSA) is 89.8 Å². The molecule has 0 fully saturated rings. The van der Waals surface area contributed by atoms with E-state index in [0.717, 1.165) is 24.2 Å². The van der Waals surface area contributed by atoms with Crippen LogP contribution in [0.3, 0.4) is 0 Å². The van der Waals surface area contributed by atoms with Crippen LogP contribution >= 0.6 is 0 Å². The van der Waals surface area contributed by atoms with Crippen molar-refractivity contribution >= 4 is 17.9 Å². The van der Waals surface area contributed by atoms with Crippen molar-refractivity contribution in [2.45, 2.75) is 46.3 Å². The van der Waals surface area contributed by atoms with Crippen molar-refractivity contribution in [3.63, 3.8) is 0 Å². The van der Waals surface area contributed by atoms with Crippen molar-refractivity contribution in [2.24, 2.45) is 0 Å². The molecular weight excluding hydrogens is 444 g/mol. The number of benzene rings is 2. The van der Waals surface area contributed by atoms with Gasteiger partial charge in [0.05, 0.1) is 25.5 Å². The molecule has 0 aliphatic rings. The van der Waals surface area contributed by atoms with E-state index in [1.54, 1.807) is 42.5 Å². The Hall–Kier alpha value is -4.00. The highest BCUT2D eigenvalue weighted by Gasteiger charge is 2.15. The van der Waals surface area contributed by atoms with E-state index in [-0.39, 0.29) is 18.3 Å². The molecule has 0 radical (unpaired) electrons. The second-order valence-corrected chi connectivity index (χ2v) is 8.24. The minimum Gasteiger partial charge on any atom is -0.494 e. The number of furan rings is 1. The van der Waals surface area contributed by atoms with E-state index in [1.165, 1.54) is 6.26 Å². The molecule has 3 rings (SSSR count). The molecule has 0 saturated heterocycles. The summed E-state index contributed by atoms with van der Waals surface area (Å²) in [5.74, 6) is 1.20. The van der Waals surface area contributed by atoms with E-state index in [0.29, 0.717) is 23.7 Å². The third-order valence-corrected chi connectivity index (χ3v) is 4.94. The zero-order valence-corrected chi connectivity index (χ0v) is 20.4. The SMILES string of the molecule is CCCCOc1ccc(C(=O)N/C(=C/c2ccc(OC(C)C)cc2)C(=O)NCc2ccco2)cc1. The molecule has 0 aliphatic carbocycles. The van der Waals surface area contributed by atoms with Gasteiger partial charge in [-0.15, -0.1) is 0 Å². The number of hydrogen-bond acceptors (Lipinski definition) is 5. The van der Waals surface area contributed by atoms with Crippen LogP contribution in [0, 0.1) is 0 Å². The lowest BCUT2D eigenvalue weighted by atomic mass is 10.1. The Morgan fingerprint density at radius 2 is 1.71 bits per heavy atom. The number of hydrogen-bond donors (Lipinski definition) is 2. The van der Waals surface area contributed by atoms with Gasteiger partial charge in [0.2, 0.25) is 0 Å². The Bertz CT molecular complexity index is 1100. The molecule has 3 aromatic rings. The number of rotatable bonds is 12. The molecule has 0 saturated carbocycles. The van der Waals surface area contributed by atoms with Crippen molar-refractivity contribution in [2.75, 3.05) is 6.61 Å². The summed E-state index contributed by atoms with van der Waals surface area (Å²) >= 11 is 0. The number of ether oxygens (including phenoxy) is 2. The number of amides is 2. The van der Waals surface area contributed by atoms with E-state index < -0.39 is 11.8 Å². The van der Waals surface area contributed by atoms with Crippen LogP contribution in [-0.4, -0.2) is 24.5 Å². The monoisotopic (exact) mass is 476 g/mol. The lowest BCUT2D eigenvalue weighted by Crippen LogP contribution is -2.34. The summed E-state index contributed by atoms with van der Waals surface area (Å²) in [5, 5.41) is 5.51. The van der Waals surface area contributed by atoms with E-state index >= 15 is 0 Å². The fourth-order valence-corrected chi connectivity index (χ4v) is 3.15. The quantitative estimate of drug-likeness (QED) is 0.272. The van der Waals surface area contributed by atoms with Gasteiger partial charge in [-0.1, -0.05) is 25.5 Å². The average Bonchev–Trinajstić information content (AvgIpc) is 3.37. The van der Waals surface area contributed by atoms with Gasteiger partial charge in [0.25, 0.3) is 11.8 Å². The largest absolute Gasteiger partial charge is 0.494 e. The van der Waals surface area contributed by atoms with Crippen molar-refractivity contribution in [3.8, 4) is 11.5 Å². The first-order valence-corrected chi connectivity index (χ1v) is 11.8. The molecule has 2 N–H and O–H groups in total. The Labute approximate surface area is 206 Å². The first-order chi connectivity index (χ1) is 16.9. The second kappa shape index (κ2) is 13.0. The van der Waals surface area contributed by atoms with E-state index in [4.69, 9.17) is 13.9 Å². The zero-order chi connectivity index (χ0) is 25.0. The highest BCUT2D eigenvalue weighted by Crippen LogP contribution is 2.17. The number of unbranched alkanes of at least 4 members (excludes halogenated alkanes) is 1. The maximum Gasteiger partial charge on any atom is 0.268 e. The van der Waals surface area contributed by atoms with Crippen molar-refractivity contribution < 1.29 is 23.5 Å². The number of nitrogens with one attached hydrogen (secondary N) is 2. The molecule has 2 aromatic carbocycles. The summed E-state index contributed by atoms with van der Waals surface area (Å²) in [6.45, 7) is 6.83. The summed E-state index contributed by atoms with van der Waals surface area (Å²) in [6.07, 6.45) is 5.23. The minimum absolute atomic E-state index is 0.0575. The van der Waals surface area contributed by atoms with Gasteiger partial charge in [-0.25, -0.2) is 0 Å². The molecule has 0 spiro atoms. The van der Waals surface area contributed by atoms with Gasteiger partial charge < -0.3 is 24.5 Å². The molecular formula is C28H32N2O5. The second-order valence-electron chi connectivity index (χ2n) is 8.24. The molecule has 7 heteroatoms. The summed E-state index contributed by atoms with van der Waals surface area (Å²) in [6, 6.07) is 17.7. The zero-order valence-electron chi connectivity index (χ0n) is 20.4. The summed E-state index contributed by atoms with van der Waals surface area (Å²) in [5.41, 5.74) is 1.27. The third kappa shape index (κ3) is 8.37. The van der Waals surface area contributed by atoms with Gasteiger partial charge in [-0.3, -0.25) is 9.59 Å². The van der Waals surface area contributed by atoms with Gasteiger partial charge in [0.15, 0.2) is 0 Å². The summed E-state index contributed by atoms with van der Waals surface area (Å²) in [7, 11) is 0. The van der Waals surface area contributed by atoms with Gasteiger partial charge in [0.1, 0.15) is 23.0 Å². The standard InChI is InChI=1S/C28H32N2O5/c1-4-5-16-33-23-14-10-22(11-15-23)27(31)30-26(28(32)29-19-25-7-6-17-34-25)18-21-8-12-24(13-9-21)35-20(2)3/h6-15,17-18,20H,4-5,16,19H2,1-3H3,(H,29,32)(H,30,31)/b26-18+. The Morgan fingerprint density at radius 1 is 1.00 bits per heavy atom. The molecule has 2 amide bonds. The van der Waals surface area contributed by atoms with Crippen LogP contribution in [0.15, 0.2) is 77.0 Å². The molecule has 7 nitrogen and oxygen atoms in total. The molecule has 0 bridgehead atoms. The van der Waals surface area contributed by atoms with Crippen LogP contribution in [0.5, 0.6) is 11.5 Å². The highest BCUT2D eigenvalue weighted by molar-refractivity contribution is 6.05. The molecule has 184 valence electrons. The van der Waals surface area contributed by atoms with Gasteiger partial charge >= 0.3 is 0 Å². The first kappa shape index (κ1) is 25.6. The van der Waals surface area contributed by atoms with Crippen LogP contribution in [0.2, 0.25) is 0 Å². The van der Waals surface area contributed by atoms with Crippen LogP contribution in [-0.2, 0) is 11.3 Å². The first-order valence-electron chi connectivity index (χ1n) is 11.8. The van der Waals surface area contributed by atoms with Crippen LogP contribution in [0.4, 0.5) is 0 Å². The van der Waals surface area contributed by atoms with Crippen LogP contribution < -0.4 is 20.1 Å². The normalized spacial score (nSPS) is 11.3. The fraction of sp³-hybridized carbons (Fsp3) is 0.286. The Balaban J connectivity index is 1.74. The van der Waals surface area contributed by atoms with Gasteiger partial charge in [-0.2, -0.15) is 0 Å². The highest BCUT2D eigenvalue weighted by atomic mass is 16.5. The summed E-state index contributed by atoms with van der Waals surface area (Å²) in [4.78, 5) is 25.9. The van der Waals surface area contributed by atoms with E-state index in [1.807, 2.05) is 38.1 Å². The predicted octanol–water partition coefficient (Wildman–Crippen LogP) is 5.33. The molecule has 0 atom stereocenters.